The summed E-state index contributed by atoms with van der Waals surface area (Å²) in [7, 11) is 0. The molecule has 0 radical (unpaired) electrons. The molecule has 2 aromatic heterocycles. The maximum absolute atomic E-state index is 13.4. The van der Waals surface area contributed by atoms with E-state index in [1.54, 1.807) is 6.20 Å². The molecule has 20 heavy (non-hydrogen) atoms. The fraction of sp³-hybridized carbons (Fsp3) is 0.375. The first-order valence-corrected chi connectivity index (χ1v) is 6.89. The quantitative estimate of drug-likeness (QED) is 0.908. The van der Waals surface area contributed by atoms with Crippen molar-refractivity contribution in [1.82, 2.24) is 15.3 Å². The Morgan fingerprint density at radius 1 is 1.25 bits per heavy atom. The van der Waals surface area contributed by atoms with Gasteiger partial charge in [0.2, 0.25) is 0 Å². The summed E-state index contributed by atoms with van der Waals surface area (Å²) in [4.78, 5) is 8.45. The van der Waals surface area contributed by atoms with Crippen LogP contribution in [0.3, 0.4) is 0 Å². The number of hydrogen-bond acceptors (Lipinski definition) is 3. The zero-order valence-corrected chi connectivity index (χ0v) is 12.2. The van der Waals surface area contributed by atoms with Gasteiger partial charge in [0.05, 0.1) is 12.2 Å². The number of pyridine rings is 2. The Labute approximate surface area is 119 Å². The molecule has 1 unspecified atom stereocenters. The highest BCUT2D eigenvalue weighted by molar-refractivity contribution is 5.33. The minimum atomic E-state index is -0.316. The Morgan fingerprint density at radius 3 is 2.70 bits per heavy atom. The summed E-state index contributed by atoms with van der Waals surface area (Å²) in [5.41, 5.74) is 3.84. The maximum Gasteiger partial charge on any atom is 0.141 e. The van der Waals surface area contributed by atoms with E-state index in [0.717, 1.165) is 35.5 Å². The molecule has 2 rings (SSSR count). The fourth-order valence-electron chi connectivity index (χ4n) is 2.28. The van der Waals surface area contributed by atoms with E-state index in [9.17, 15) is 4.39 Å². The van der Waals surface area contributed by atoms with Crippen LogP contribution in [0.1, 0.15) is 41.9 Å². The third-order valence-corrected chi connectivity index (χ3v) is 3.23. The van der Waals surface area contributed by atoms with Crippen LogP contribution in [0.5, 0.6) is 0 Å². The molecule has 0 amide bonds. The van der Waals surface area contributed by atoms with Gasteiger partial charge in [0.15, 0.2) is 0 Å². The molecule has 0 aliphatic carbocycles. The van der Waals surface area contributed by atoms with Crippen molar-refractivity contribution in [3.8, 4) is 0 Å². The van der Waals surface area contributed by atoms with Gasteiger partial charge in [-0.2, -0.15) is 0 Å². The number of aromatic nitrogens is 2. The van der Waals surface area contributed by atoms with Crippen molar-refractivity contribution in [1.29, 1.82) is 0 Å². The average Bonchev–Trinajstić information content (AvgIpc) is 2.41. The van der Waals surface area contributed by atoms with E-state index < -0.39 is 0 Å². The molecule has 4 heteroatoms. The highest BCUT2D eigenvalue weighted by atomic mass is 19.1. The van der Waals surface area contributed by atoms with E-state index in [-0.39, 0.29) is 11.9 Å². The van der Waals surface area contributed by atoms with Crippen LogP contribution in [0.15, 0.2) is 30.6 Å². The SMILES string of the molecule is CCCNC(c1cncc(F)c1)c1ccc(C)nc1C. The Morgan fingerprint density at radius 2 is 2.05 bits per heavy atom. The van der Waals surface area contributed by atoms with Gasteiger partial charge >= 0.3 is 0 Å². The van der Waals surface area contributed by atoms with Gasteiger partial charge in [0, 0.05) is 17.6 Å². The molecule has 0 spiro atoms. The number of halogens is 1. The largest absolute Gasteiger partial charge is 0.306 e. The molecule has 3 nitrogen and oxygen atoms in total. The van der Waals surface area contributed by atoms with E-state index in [1.807, 2.05) is 19.9 Å². The van der Waals surface area contributed by atoms with Gasteiger partial charge in [0.25, 0.3) is 0 Å². The monoisotopic (exact) mass is 273 g/mol. The first kappa shape index (κ1) is 14.6. The second-order valence-corrected chi connectivity index (χ2v) is 4.95. The molecule has 2 aromatic rings. The predicted octanol–water partition coefficient (Wildman–Crippen LogP) is 3.32. The minimum absolute atomic E-state index is 0.0775. The molecular weight excluding hydrogens is 253 g/mol. The standard InChI is InChI=1S/C16H20FN3/c1-4-7-19-16(13-8-14(17)10-18-9-13)15-6-5-11(2)20-12(15)3/h5-6,8-10,16,19H,4,7H2,1-3H3. The van der Waals surface area contributed by atoms with Gasteiger partial charge < -0.3 is 5.32 Å². The van der Waals surface area contributed by atoms with Crippen molar-refractivity contribution in [2.24, 2.45) is 0 Å². The molecule has 0 aliphatic rings. The minimum Gasteiger partial charge on any atom is -0.306 e. The Bertz CT molecular complexity index is 584. The first-order chi connectivity index (χ1) is 9.61. The zero-order valence-electron chi connectivity index (χ0n) is 12.2. The van der Waals surface area contributed by atoms with Crippen molar-refractivity contribution in [3.63, 3.8) is 0 Å². The summed E-state index contributed by atoms with van der Waals surface area (Å²) in [5.74, 6) is -0.316. The number of hydrogen-bond donors (Lipinski definition) is 1. The molecule has 0 fully saturated rings. The molecule has 1 atom stereocenters. The van der Waals surface area contributed by atoms with Gasteiger partial charge in [-0.15, -0.1) is 0 Å². The highest BCUT2D eigenvalue weighted by Crippen LogP contribution is 2.24. The second-order valence-electron chi connectivity index (χ2n) is 4.95. The summed E-state index contributed by atoms with van der Waals surface area (Å²) >= 11 is 0. The predicted molar refractivity (Wildman–Crippen MR) is 78.0 cm³/mol. The molecule has 2 heterocycles. The molecule has 0 aliphatic heterocycles. The van der Waals surface area contributed by atoms with E-state index in [0.29, 0.717) is 0 Å². The van der Waals surface area contributed by atoms with Crippen molar-refractivity contribution < 1.29 is 4.39 Å². The van der Waals surface area contributed by atoms with Gasteiger partial charge in [-0.1, -0.05) is 13.0 Å². The zero-order chi connectivity index (χ0) is 14.5. The molecular formula is C16H20FN3. The molecule has 0 aromatic carbocycles. The lowest BCUT2D eigenvalue weighted by molar-refractivity contribution is 0.577. The van der Waals surface area contributed by atoms with Crippen molar-refractivity contribution in [3.05, 3.63) is 58.9 Å². The lowest BCUT2D eigenvalue weighted by atomic mass is 9.98. The third-order valence-electron chi connectivity index (χ3n) is 3.23. The van der Waals surface area contributed by atoms with Gasteiger partial charge in [-0.05, 0) is 50.1 Å². The van der Waals surface area contributed by atoms with Crippen molar-refractivity contribution in [2.75, 3.05) is 6.54 Å². The van der Waals surface area contributed by atoms with E-state index in [1.165, 1.54) is 12.3 Å². The van der Waals surface area contributed by atoms with Gasteiger partial charge in [0.1, 0.15) is 5.82 Å². The molecule has 0 bridgehead atoms. The van der Waals surface area contributed by atoms with Crippen LogP contribution in [0.4, 0.5) is 4.39 Å². The summed E-state index contributed by atoms with van der Waals surface area (Å²) in [6.07, 6.45) is 3.94. The number of nitrogens with zero attached hydrogens (tertiary/aromatic N) is 2. The normalized spacial score (nSPS) is 12.4. The maximum atomic E-state index is 13.4. The topological polar surface area (TPSA) is 37.8 Å². The van der Waals surface area contributed by atoms with Crippen LogP contribution in [-0.2, 0) is 0 Å². The number of nitrogens with one attached hydrogen (secondary N) is 1. The third kappa shape index (κ3) is 3.39. The van der Waals surface area contributed by atoms with Crippen molar-refractivity contribution in [2.45, 2.75) is 33.2 Å². The van der Waals surface area contributed by atoms with E-state index >= 15 is 0 Å². The van der Waals surface area contributed by atoms with Gasteiger partial charge in [-0.3, -0.25) is 9.97 Å². The van der Waals surface area contributed by atoms with Crippen LogP contribution in [0.25, 0.3) is 0 Å². The fourth-order valence-corrected chi connectivity index (χ4v) is 2.28. The van der Waals surface area contributed by atoms with E-state index in [2.05, 4.69) is 28.3 Å². The number of aryl methyl sites for hydroxylation is 2. The van der Waals surface area contributed by atoms with E-state index in [4.69, 9.17) is 0 Å². The highest BCUT2D eigenvalue weighted by Gasteiger charge is 2.17. The average molecular weight is 273 g/mol. The second kappa shape index (κ2) is 6.57. The molecule has 0 saturated heterocycles. The lowest BCUT2D eigenvalue weighted by Gasteiger charge is -2.21. The van der Waals surface area contributed by atoms with Crippen LogP contribution in [0.2, 0.25) is 0 Å². The Kier molecular flexibility index (Phi) is 4.79. The molecule has 1 N–H and O–H groups in total. The van der Waals surface area contributed by atoms with Crippen LogP contribution in [0, 0.1) is 19.7 Å². The Balaban J connectivity index is 2.41. The van der Waals surface area contributed by atoms with Crippen LogP contribution in [-0.4, -0.2) is 16.5 Å². The van der Waals surface area contributed by atoms with Crippen LogP contribution < -0.4 is 5.32 Å². The van der Waals surface area contributed by atoms with Gasteiger partial charge in [-0.25, -0.2) is 4.39 Å². The molecule has 106 valence electrons. The Hall–Kier alpha value is -1.81. The summed E-state index contributed by atoms with van der Waals surface area (Å²) in [6, 6.07) is 5.48. The summed E-state index contributed by atoms with van der Waals surface area (Å²) in [6.45, 7) is 6.91. The smallest absolute Gasteiger partial charge is 0.141 e. The lowest BCUT2D eigenvalue weighted by Crippen LogP contribution is -2.24. The first-order valence-electron chi connectivity index (χ1n) is 6.89. The van der Waals surface area contributed by atoms with Crippen molar-refractivity contribution >= 4 is 0 Å². The summed E-state index contributed by atoms with van der Waals surface area (Å²) in [5, 5.41) is 3.44. The molecule has 0 saturated carbocycles. The summed E-state index contributed by atoms with van der Waals surface area (Å²) < 4.78 is 13.4. The van der Waals surface area contributed by atoms with Crippen LogP contribution >= 0.6 is 0 Å². The number of rotatable bonds is 5.